The molecule has 3 aromatic carbocycles. The van der Waals surface area contributed by atoms with Crippen LogP contribution >= 0.6 is 7.14 Å². The molecule has 0 amide bonds. The first-order chi connectivity index (χ1) is 11.6. The molecule has 3 rings (SSSR count). The molecule has 3 heteroatoms. The standard InChI is InChI=1S/C21H21O2P/c1-17(21(22)18-11-5-2-6-12-18)24(23,19-13-7-3-8-14-19)20-15-9-4-10-16-20/h2-17,21-22H,1H3/t17-,21+/m0/s1. The second-order valence-electron chi connectivity index (χ2n) is 5.93. The lowest BCUT2D eigenvalue weighted by Gasteiger charge is -2.29. The van der Waals surface area contributed by atoms with Crippen molar-refractivity contribution >= 4 is 17.8 Å². The Morgan fingerprint density at radius 1 is 0.708 bits per heavy atom. The minimum Gasteiger partial charge on any atom is -0.388 e. The van der Waals surface area contributed by atoms with E-state index < -0.39 is 18.9 Å². The highest BCUT2D eigenvalue weighted by Crippen LogP contribution is 2.52. The molecule has 0 saturated carbocycles. The van der Waals surface area contributed by atoms with Crippen LogP contribution in [-0.4, -0.2) is 10.8 Å². The summed E-state index contributed by atoms with van der Waals surface area (Å²) in [5.74, 6) is 0. The molecular formula is C21H21O2P. The highest BCUT2D eigenvalue weighted by molar-refractivity contribution is 7.79. The van der Waals surface area contributed by atoms with Gasteiger partial charge in [-0.25, -0.2) is 0 Å². The van der Waals surface area contributed by atoms with Crippen LogP contribution < -0.4 is 10.6 Å². The summed E-state index contributed by atoms with van der Waals surface area (Å²) in [6.07, 6.45) is -0.794. The Bertz CT molecular complexity index is 773. The quantitative estimate of drug-likeness (QED) is 0.712. The van der Waals surface area contributed by atoms with Crippen molar-refractivity contribution < 1.29 is 9.67 Å². The number of rotatable bonds is 5. The van der Waals surface area contributed by atoms with E-state index in [-0.39, 0.29) is 0 Å². The summed E-state index contributed by atoms with van der Waals surface area (Å²) >= 11 is 0. The Labute approximate surface area is 143 Å². The fourth-order valence-electron chi connectivity index (χ4n) is 3.05. The van der Waals surface area contributed by atoms with E-state index in [4.69, 9.17) is 0 Å². The molecule has 0 unspecified atom stereocenters. The predicted octanol–water partition coefficient (Wildman–Crippen LogP) is 4.12. The summed E-state index contributed by atoms with van der Waals surface area (Å²) < 4.78 is 14.2. The third-order valence-corrected chi connectivity index (χ3v) is 8.01. The highest BCUT2D eigenvalue weighted by atomic mass is 31.2. The Morgan fingerprint density at radius 2 is 1.08 bits per heavy atom. The molecular weight excluding hydrogens is 315 g/mol. The molecule has 0 aliphatic carbocycles. The first kappa shape index (κ1) is 16.7. The van der Waals surface area contributed by atoms with Gasteiger partial charge < -0.3 is 9.67 Å². The van der Waals surface area contributed by atoms with Crippen LogP contribution in [0.1, 0.15) is 18.6 Å². The maximum atomic E-state index is 14.2. The van der Waals surface area contributed by atoms with Gasteiger partial charge in [0.25, 0.3) is 0 Å². The van der Waals surface area contributed by atoms with Gasteiger partial charge in [0.05, 0.1) is 6.10 Å². The second kappa shape index (κ2) is 7.17. The molecule has 3 aromatic rings. The van der Waals surface area contributed by atoms with Gasteiger partial charge in [0.15, 0.2) is 0 Å². The Kier molecular flexibility index (Phi) is 4.99. The summed E-state index contributed by atoms with van der Waals surface area (Å²) in [6, 6.07) is 28.4. The number of hydrogen-bond acceptors (Lipinski definition) is 2. The molecule has 0 heterocycles. The summed E-state index contributed by atoms with van der Waals surface area (Å²) in [5.41, 5.74) is 0.363. The monoisotopic (exact) mass is 336 g/mol. The average molecular weight is 336 g/mol. The highest BCUT2D eigenvalue weighted by Gasteiger charge is 2.38. The van der Waals surface area contributed by atoms with E-state index in [2.05, 4.69) is 0 Å². The third-order valence-electron chi connectivity index (χ3n) is 4.45. The van der Waals surface area contributed by atoms with Crippen molar-refractivity contribution in [2.45, 2.75) is 18.7 Å². The molecule has 0 aliphatic rings. The Morgan fingerprint density at radius 3 is 1.50 bits per heavy atom. The number of aliphatic hydroxyl groups is 1. The molecule has 2 nitrogen and oxygen atoms in total. The summed E-state index contributed by atoms with van der Waals surface area (Å²) in [7, 11) is -2.99. The van der Waals surface area contributed by atoms with Crippen LogP contribution in [0.15, 0.2) is 91.0 Å². The first-order valence-corrected chi connectivity index (χ1v) is 9.85. The molecule has 0 aliphatic heterocycles. The summed E-state index contributed by atoms with van der Waals surface area (Å²) in [5, 5.41) is 12.4. The van der Waals surface area contributed by atoms with Crippen molar-refractivity contribution in [3.05, 3.63) is 96.6 Å². The molecule has 0 aromatic heterocycles. The van der Waals surface area contributed by atoms with Crippen LogP contribution in [-0.2, 0) is 4.57 Å². The molecule has 2 atom stereocenters. The minimum atomic E-state index is -2.99. The Hall–Kier alpha value is -2.15. The Balaban J connectivity index is 2.11. The lowest BCUT2D eigenvalue weighted by Crippen LogP contribution is -2.28. The lowest BCUT2D eigenvalue weighted by atomic mass is 10.1. The number of benzene rings is 3. The van der Waals surface area contributed by atoms with Gasteiger partial charge in [-0.1, -0.05) is 97.9 Å². The van der Waals surface area contributed by atoms with E-state index in [1.165, 1.54) is 0 Å². The molecule has 0 radical (unpaired) electrons. The topological polar surface area (TPSA) is 37.3 Å². The number of aliphatic hydroxyl groups excluding tert-OH is 1. The van der Waals surface area contributed by atoms with E-state index in [9.17, 15) is 9.67 Å². The van der Waals surface area contributed by atoms with Crippen LogP contribution in [0.25, 0.3) is 0 Å². The van der Waals surface area contributed by atoms with Crippen LogP contribution in [0, 0.1) is 0 Å². The van der Waals surface area contributed by atoms with Gasteiger partial charge >= 0.3 is 0 Å². The zero-order valence-corrected chi connectivity index (χ0v) is 14.5. The normalized spacial score (nSPS) is 14.1. The number of hydrogen-bond donors (Lipinski definition) is 1. The molecule has 0 bridgehead atoms. The van der Waals surface area contributed by atoms with Gasteiger partial charge in [0, 0.05) is 16.3 Å². The molecule has 24 heavy (non-hydrogen) atoms. The van der Waals surface area contributed by atoms with Crippen molar-refractivity contribution in [2.24, 2.45) is 0 Å². The van der Waals surface area contributed by atoms with Crippen LogP contribution in [0.4, 0.5) is 0 Å². The van der Waals surface area contributed by atoms with E-state index in [1.807, 2.05) is 97.9 Å². The second-order valence-corrected chi connectivity index (χ2v) is 9.09. The van der Waals surface area contributed by atoms with E-state index >= 15 is 0 Å². The fraction of sp³-hybridized carbons (Fsp3) is 0.143. The molecule has 1 N–H and O–H groups in total. The summed E-state index contributed by atoms with van der Waals surface area (Å²) in [4.78, 5) is 0. The van der Waals surface area contributed by atoms with Crippen molar-refractivity contribution in [1.82, 2.24) is 0 Å². The van der Waals surface area contributed by atoms with Crippen molar-refractivity contribution in [3.63, 3.8) is 0 Å². The maximum Gasteiger partial charge on any atom is 0.148 e. The zero-order valence-electron chi connectivity index (χ0n) is 13.6. The van der Waals surface area contributed by atoms with Gasteiger partial charge in [-0.05, 0) is 5.56 Å². The smallest absolute Gasteiger partial charge is 0.148 e. The van der Waals surface area contributed by atoms with Crippen LogP contribution in [0.2, 0.25) is 0 Å². The van der Waals surface area contributed by atoms with Crippen molar-refractivity contribution in [1.29, 1.82) is 0 Å². The molecule has 0 fully saturated rings. The lowest BCUT2D eigenvalue weighted by molar-refractivity contribution is 0.176. The average Bonchev–Trinajstić information content (AvgIpc) is 2.68. The van der Waals surface area contributed by atoms with E-state index in [0.29, 0.717) is 0 Å². The molecule has 0 saturated heterocycles. The first-order valence-electron chi connectivity index (χ1n) is 8.08. The van der Waals surface area contributed by atoms with Crippen LogP contribution in [0.5, 0.6) is 0 Å². The van der Waals surface area contributed by atoms with Gasteiger partial charge in [-0.3, -0.25) is 0 Å². The maximum absolute atomic E-state index is 14.2. The van der Waals surface area contributed by atoms with Gasteiger partial charge in [0.2, 0.25) is 0 Å². The fourth-order valence-corrected chi connectivity index (χ4v) is 6.08. The SMILES string of the molecule is C[C@@H]([C@@H](O)c1ccccc1)P(=O)(c1ccccc1)c1ccccc1. The van der Waals surface area contributed by atoms with Gasteiger partial charge in [0.1, 0.15) is 7.14 Å². The summed E-state index contributed by atoms with van der Waals surface area (Å²) in [6.45, 7) is 1.87. The minimum absolute atomic E-state index is 0.426. The van der Waals surface area contributed by atoms with Crippen molar-refractivity contribution in [3.8, 4) is 0 Å². The van der Waals surface area contributed by atoms with E-state index in [1.54, 1.807) is 0 Å². The molecule has 122 valence electrons. The largest absolute Gasteiger partial charge is 0.388 e. The van der Waals surface area contributed by atoms with E-state index in [0.717, 1.165) is 16.2 Å². The molecule has 0 spiro atoms. The zero-order chi connectivity index (χ0) is 17.0. The van der Waals surface area contributed by atoms with Crippen LogP contribution in [0.3, 0.4) is 0 Å². The predicted molar refractivity (Wildman–Crippen MR) is 101 cm³/mol. The van der Waals surface area contributed by atoms with Gasteiger partial charge in [-0.2, -0.15) is 0 Å². The third kappa shape index (κ3) is 3.08. The van der Waals surface area contributed by atoms with Gasteiger partial charge in [-0.15, -0.1) is 0 Å². The van der Waals surface area contributed by atoms with Crippen molar-refractivity contribution in [2.75, 3.05) is 0 Å².